The predicted octanol–water partition coefficient (Wildman–Crippen LogP) is 2.92. The molecule has 0 atom stereocenters. The minimum atomic E-state index is -0.837. The van der Waals surface area contributed by atoms with Crippen LogP contribution in [0.15, 0.2) is 24.3 Å². The molecule has 0 bridgehead atoms. The molecule has 6 heteroatoms. The highest BCUT2D eigenvalue weighted by Crippen LogP contribution is 2.23. The summed E-state index contributed by atoms with van der Waals surface area (Å²) in [5, 5.41) is 9.68. The predicted molar refractivity (Wildman–Crippen MR) is 80.2 cm³/mol. The Morgan fingerprint density at radius 1 is 1.29 bits per heavy atom. The van der Waals surface area contributed by atoms with Crippen LogP contribution in [0.1, 0.15) is 22.5 Å². The third-order valence-corrected chi connectivity index (χ3v) is 3.96. The summed E-state index contributed by atoms with van der Waals surface area (Å²) in [6, 6.07) is 7.30. The minimum Gasteiger partial charge on any atom is -0.497 e. The number of carbonyl (C=O) groups is 1. The van der Waals surface area contributed by atoms with Gasteiger partial charge in [-0.1, -0.05) is 6.92 Å². The van der Waals surface area contributed by atoms with E-state index >= 15 is 0 Å². The summed E-state index contributed by atoms with van der Waals surface area (Å²) in [7, 11) is 1.61. The van der Waals surface area contributed by atoms with Gasteiger partial charge >= 0.3 is 5.97 Å². The van der Waals surface area contributed by atoms with Crippen molar-refractivity contribution in [3.8, 4) is 11.5 Å². The van der Waals surface area contributed by atoms with Crippen LogP contribution in [0, 0.1) is 0 Å². The minimum absolute atomic E-state index is 0.0172. The summed E-state index contributed by atoms with van der Waals surface area (Å²) in [5.41, 5.74) is 0.843. The Kier molecular flexibility index (Phi) is 5.16. The van der Waals surface area contributed by atoms with E-state index < -0.39 is 5.97 Å². The lowest BCUT2D eigenvalue weighted by atomic mass is 10.2. The number of aromatic nitrogens is 1. The molecule has 0 saturated carbocycles. The molecule has 0 spiro atoms. The van der Waals surface area contributed by atoms with E-state index in [1.54, 1.807) is 7.11 Å². The summed E-state index contributed by atoms with van der Waals surface area (Å²) >= 11 is 1.40. The Balaban J connectivity index is 2.01. The van der Waals surface area contributed by atoms with Gasteiger partial charge in [0.2, 0.25) is 0 Å². The van der Waals surface area contributed by atoms with Crippen molar-refractivity contribution >= 4 is 17.3 Å². The smallest absolute Gasteiger partial charge is 0.308 e. The molecule has 0 amide bonds. The van der Waals surface area contributed by atoms with E-state index in [0.29, 0.717) is 6.61 Å². The van der Waals surface area contributed by atoms with Gasteiger partial charge in [0.25, 0.3) is 0 Å². The molecular formula is C15H17NO4S. The zero-order chi connectivity index (χ0) is 15.2. The maximum absolute atomic E-state index is 10.8. The molecule has 0 saturated heterocycles. The lowest BCUT2D eigenvalue weighted by Crippen LogP contribution is -2.00. The Morgan fingerprint density at radius 3 is 2.52 bits per heavy atom. The van der Waals surface area contributed by atoms with Crippen molar-refractivity contribution in [1.82, 2.24) is 4.98 Å². The van der Waals surface area contributed by atoms with Crippen LogP contribution in [0.2, 0.25) is 0 Å². The highest BCUT2D eigenvalue weighted by atomic mass is 32.1. The van der Waals surface area contributed by atoms with Crippen LogP contribution in [-0.2, 0) is 24.2 Å². The van der Waals surface area contributed by atoms with E-state index in [0.717, 1.165) is 33.5 Å². The first kappa shape index (κ1) is 15.3. The molecule has 0 unspecified atom stereocenters. The molecule has 21 heavy (non-hydrogen) atoms. The first-order chi connectivity index (χ1) is 10.1. The molecule has 1 aromatic carbocycles. The maximum Gasteiger partial charge on any atom is 0.308 e. The van der Waals surface area contributed by atoms with Gasteiger partial charge in [-0.05, 0) is 30.7 Å². The molecule has 1 aromatic heterocycles. The van der Waals surface area contributed by atoms with Crippen molar-refractivity contribution in [3.63, 3.8) is 0 Å². The molecule has 5 nitrogen and oxygen atoms in total. The summed E-state index contributed by atoms with van der Waals surface area (Å²) in [6.45, 7) is 2.30. The standard InChI is InChI=1S/C15H17NO4S/c1-3-12-13(8-15(17)18)21-14(16-12)9-20-11-6-4-10(19-2)5-7-11/h4-7H,3,8-9H2,1-2H3,(H,17,18). The topological polar surface area (TPSA) is 68.7 Å². The number of aryl methyl sites for hydroxylation is 1. The fraction of sp³-hybridized carbons (Fsp3) is 0.333. The number of hydrogen-bond donors (Lipinski definition) is 1. The maximum atomic E-state index is 10.8. The molecule has 1 heterocycles. The van der Waals surface area contributed by atoms with Gasteiger partial charge in [0.1, 0.15) is 23.1 Å². The third-order valence-electron chi connectivity index (χ3n) is 2.89. The highest BCUT2D eigenvalue weighted by Gasteiger charge is 2.13. The van der Waals surface area contributed by atoms with E-state index in [2.05, 4.69) is 4.98 Å². The normalized spacial score (nSPS) is 10.4. The molecule has 0 radical (unpaired) electrons. The van der Waals surface area contributed by atoms with Crippen molar-refractivity contribution < 1.29 is 19.4 Å². The van der Waals surface area contributed by atoms with Gasteiger partial charge in [-0.2, -0.15) is 0 Å². The second kappa shape index (κ2) is 7.08. The molecule has 2 aromatic rings. The number of carboxylic acid groups (broad SMARTS) is 1. The lowest BCUT2D eigenvalue weighted by molar-refractivity contribution is -0.136. The van der Waals surface area contributed by atoms with Gasteiger partial charge in [-0.3, -0.25) is 4.79 Å². The molecule has 2 rings (SSSR count). The van der Waals surface area contributed by atoms with Crippen LogP contribution >= 0.6 is 11.3 Å². The van der Waals surface area contributed by atoms with Crippen molar-refractivity contribution in [3.05, 3.63) is 39.8 Å². The molecule has 112 valence electrons. The Bertz CT molecular complexity index is 607. The SMILES string of the molecule is CCc1nc(COc2ccc(OC)cc2)sc1CC(=O)O. The largest absolute Gasteiger partial charge is 0.497 e. The number of methoxy groups -OCH3 is 1. The number of hydrogen-bond acceptors (Lipinski definition) is 5. The summed E-state index contributed by atoms with van der Waals surface area (Å²) in [6.07, 6.45) is 0.741. The van der Waals surface area contributed by atoms with Gasteiger partial charge in [0.15, 0.2) is 0 Å². The Labute approximate surface area is 127 Å². The number of aliphatic carboxylic acids is 1. The average Bonchev–Trinajstić information content (AvgIpc) is 2.87. The van der Waals surface area contributed by atoms with Gasteiger partial charge < -0.3 is 14.6 Å². The second-order valence-electron chi connectivity index (χ2n) is 4.37. The van der Waals surface area contributed by atoms with E-state index in [1.165, 1.54) is 11.3 Å². The molecular weight excluding hydrogens is 290 g/mol. The van der Waals surface area contributed by atoms with Gasteiger partial charge in [-0.25, -0.2) is 4.98 Å². The quantitative estimate of drug-likeness (QED) is 0.851. The fourth-order valence-corrected chi connectivity index (χ4v) is 2.93. The number of benzene rings is 1. The number of rotatable bonds is 7. The number of thiazole rings is 1. The van der Waals surface area contributed by atoms with E-state index in [1.807, 2.05) is 31.2 Å². The van der Waals surface area contributed by atoms with Crippen molar-refractivity contribution in [2.75, 3.05) is 7.11 Å². The monoisotopic (exact) mass is 307 g/mol. The van der Waals surface area contributed by atoms with Crippen molar-refractivity contribution in [2.24, 2.45) is 0 Å². The van der Waals surface area contributed by atoms with Gasteiger partial charge in [0, 0.05) is 4.88 Å². The molecule has 0 aliphatic heterocycles. The average molecular weight is 307 g/mol. The summed E-state index contributed by atoms with van der Waals surface area (Å²) < 4.78 is 10.7. The fourth-order valence-electron chi connectivity index (χ4n) is 1.87. The number of ether oxygens (including phenoxy) is 2. The first-order valence-corrected chi connectivity index (χ1v) is 7.40. The summed E-state index contributed by atoms with van der Waals surface area (Å²) in [4.78, 5) is 16.1. The van der Waals surface area contributed by atoms with E-state index in [-0.39, 0.29) is 6.42 Å². The lowest BCUT2D eigenvalue weighted by Gasteiger charge is -2.04. The van der Waals surface area contributed by atoms with Crippen molar-refractivity contribution in [2.45, 2.75) is 26.4 Å². The second-order valence-corrected chi connectivity index (χ2v) is 5.53. The number of carboxylic acids is 1. The van der Waals surface area contributed by atoms with Gasteiger partial charge in [-0.15, -0.1) is 11.3 Å². The zero-order valence-electron chi connectivity index (χ0n) is 12.0. The first-order valence-electron chi connectivity index (χ1n) is 6.58. The molecule has 0 fully saturated rings. The van der Waals surface area contributed by atoms with Crippen LogP contribution in [0.5, 0.6) is 11.5 Å². The van der Waals surface area contributed by atoms with Crippen LogP contribution in [0.4, 0.5) is 0 Å². The zero-order valence-corrected chi connectivity index (χ0v) is 12.8. The van der Waals surface area contributed by atoms with E-state index in [9.17, 15) is 4.79 Å². The third kappa shape index (κ3) is 4.19. The van der Waals surface area contributed by atoms with Crippen molar-refractivity contribution in [1.29, 1.82) is 0 Å². The van der Waals surface area contributed by atoms with E-state index in [4.69, 9.17) is 14.6 Å². The molecule has 1 N–H and O–H groups in total. The highest BCUT2D eigenvalue weighted by molar-refractivity contribution is 7.11. The van der Waals surface area contributed by atoms with Crippen LogP contribution in [0.25, 0.3) is 0 Å². The van der Waals surface area contributed by atoms with Crippen LogP contribution in [0.3, 0.4) is 0 Å². The Morgan fingerprint density at radius 2 is 1.95 bits per heavy atom. The van der Waals surface area contributed by atoms with Gasteiger partial charge in [0.05, 0.1) is 19.2 Å². The molecule has 0 aliphatic rings. The molecule has 0 aliphatic carbocycles. The Hall–Kier alpha value is -2.08. The summed E-state index contributed by atoms with van der Waals surface area (Å²) in [5.74, 6) is 0.661. The van der Waals surface area contributed by atoms with Crippen LogP contribution in [-0.4, -0.2) is 23.2 Å². The van der Waals surface area contributed by atoms with Crippen LogP contribution < -0.4 is 9.47 Å². The number of nitrogens with zero attached hydrogens (tertiary/aromatic N) is 1.